The van der Waals surface area contributed by atoms with Gasteiger partial charge in [-0.1, -0.05) is 55.8 Å². The lowest BCUT2D eigenvalue weighted by Gasteiger charge is -2.13. The van der Waals surface area contributed by atoms with Crippen molar-refractivity contribution in [2.45, 2.75) is 44.6 Å². The van der Waals surface area contributed by atoms with Gasteiger partial charge >= 0.3 is 0 Å². The fraction of sp³-hybridized carbons (Fsp3) is 0.500. The van der Waals surface area contributed by atoms with Crippen molar-refractivity contribution >= 4 is 0 Å². The predicted molar refractivity (Wildman–Crippen MR) is 77.1 cm³/mol. The summed E-state index contributed by atoms with van der Waals surface area (Å²) in [6.07, 6.45) is 3.16. The van der Waals surface area contributed by atoms with Crippen molar-refractivity contribution in [3.8, 4) is 0 Å². The standard InChI is InChI=1S/C16H21N3O/c1-3-11(2)13(17)14-18-15(19-20-14)16(9-10-16)12-7-5-4-6-8-12/h4-8,11,13H,3,9-10,17H2,1-2H3. The number of benzene rings is 1. The maximum Gasteiger partial charge on any atom is 0.243 e. The summed E-state index contributed by atoms with van der Waals surface area (Å²) >= 11 is 0. The second kappa shape index (κ2) is 5.02. The number of nitrogens with two attached hydrogens (primary N) is 1. The van der Waals surface area contributed by atoms with Crippen molar-refractivity contribution in [2.75, 3.05) is 0 Å². The molecular formula is C16H21N3O. The molecule has 1 fully saturated rings. The van der Waals surface area contributed by atoms with E-state index in [0.717, 1.165) is 25.1 Å². The molecule has 1 saturated carbocycles. The van der Waals surface area contributed by atoms with Gasteiger partial charge in [-0.3, -0.25) is 0 Å². The van der Waals surface area contributed by atoms with E-state index >= 15 is 0 Å². The molecule has 1 aromatic carbocycles. The van der Waals surface area contributed by atoms with Gasteiger partial charge in [0.1, 0.15) is 0 Å². The van der Waals surface area contributed by atoms with E-state index in [1.54, 1.807) is 0 Å². The van der Waals surface area contributed by atoms with Gasteiger partial charge in [-0.25, -0.2) is 0 Å². The molecule has 1 heterocycles. The minimum absolute atomic E-state index is 0.0435. The van der Waals surface area contributed by atoms with Gasteiger partial charge in [-0.2, -0.15) is 4.98 Å². The Labute approximate surface area is 119 Å². The van der Waals surface area contributed by atoms with Crippen LogP contribution in [0, 0.1) is 5.92 Å². The highest BCUT2D eigenvalue weighted by atomic mass is 16.5. The van der Waals surface area contributed by atoms with Gasteiger partial charge in [0, 0.05) is 0 Å². The van der Waals surface area contributed by atoms with Crippen LogP contribution in [0.4, 0.5) is 0 Å². The maximum atomic E-state index is 6.17. The highest BCUT2D eigenvalue weighted by Crippen LogP contribution is 2.52. The van der Waals surface area contributed by atoms with Crippen molar-refractivity contribution < 1.29 is 4.52 Å². The van der Waals surface area contributed by atoms with Crippen LogP contribution in [0.1, 0.15) is 56.4 Å². The Kier molecular flexibility index (Phi) is 3.34. The molecule has 0 saturated heterocycles. The quantitative estimate of drug-likeness (QED) is 0.907. The van der Waals surface area contributed by atoms with Gasteiger partial charge in [0.25, 0.3) is 0 Å². The Balaban J connectivity index is 1.88. The van der Waals surface area contributed by atoms with Crippen LogP contribution in [0.5, 0.6) is 0 Å². The second-order valence-corrected chi connectivity index (χ2v) is 5.82. The van der Waals surface area contributed by atoms with Gasteiger partial charge in [0.05, 0.1) is 11.5 Å². The van der Waals surface area contributed by atoms with Crippen LogP contribution in [-0.4, -0.2) is 10.1 Å². The Morgan fingerprint density at radius 1 is 1.30 bits per heavy atom. The Bertz CT molecular complexity index is 574. The molecule has 2 N–H and O–H groups in total. The lowest BCUT2D eigenvalue weighted by Crippen LogP contribution is -2.19. The first-order valence-corrected chi connectivity index (χ1v) is 7.32. The van der Waals surface area contributed by atoms with Crippen LogP contribution < -0.4 is 5.73 Å². The zero-order valence-corrected chi connectivity index (χ0v) is 12.0. The molecule has 0 radical (unpaired) electrons. The third-order valence-electron chi connectivity index (χ3n) is 4.49. The molecule has 20 heavy (non-hydrogen) atoms. The third-order valence-corrected chi connectivity index (χ3v) is 4.49. The Morgan fingerprint density at radius 2 is 2.00 bits per heavy atom. The van der Waals surface area contributed by atoms with Gasteiger partial charge in [0.15, 0.2) is 5.82 Å². The van der Waals surface area contributed by atoms with Crippen LogP contribution in [0.3, 0.4) is 0 Å². The molecule has 0 aliphatic heterocycles. The highest BCUT2D eigenvalue weighted by molar-refractivity contribution is 5.38. The van der Waals surface area contributed by atoms with E-state index in [-0.39, 0.29) is 11.5 Å². The van der Waals surface area contributed by atoms with E-state index in [2.05, 4.69) is 48.3 Å². The van der Waals surface area contributed by atoms with Crippen molar-refractivity contribution in [2.24, 2.45) is 11.7 Å². The zero-order chi connectivity index (χ0) is 14.2. The summed E-state index contributed by atoms with van der Waals surface area (Å²) < 4.78 is 5.41. The molecule has 1 aromatic heterocycles. The molecule has 0 spiro atoms. The monoisotopic (exact) mass is 271 g/mol. The smallest absolute Gasteiger partial charge is 0.243 e. The first kappa shape index (κ1) is 13.3. The van der Waals surface area contributed by atoms with Gasteiger partial charge in [0.2, 0.25) is 5.89 Å². The van der Waals surface area contributed by atoms with Crippen LogP contribution in [-0.2, 0) is 5.41 Å². The molecule has 0 bridgehead atoms. The Hall–Kier alpha value is -1.68. The number of aromatic nitrogens is 2. The molecule has 3 rings (SSSR count). The van der Waals surface area contributed by atoms with Crippen molar-refractivity contribution in [1.82, 2.24) is 10.1 Å². The van der Waals surface area contributed by atoms with Crippen molar-refractivity contribution in [3.63, 3.8) is 0 Å². The second-order valence-electron chi connectivity index (χ2n) is 5.82. The Morgan fingerprint density at radius 3 is 2.60 bits per heavy atom. The van der Waals surface area contributed by atoms with E-state index in [0.29, 0.717) is 11.8 Å². The number of hydrogen-bond donors (Lipinski definition) is 1. The van der Waals surface area contributed by atoms with Crippen LogP contribution in [0.2, 0.25) is 0 Å². The van der Waals surface area contributed by atoms with E-state index in [1.807, 2.05) is 6.07 Å². The molecule has 4 heteroatoms. The summed E-state index contributed by atoms with van der Waals surface area (Å²) in [7, 11) is 0. The van der Waals surface area contributed by atoms with E-state index in [1.165, 1.54) is 5.56 Å². The van der Waals surface area contributed by atoms with Crippen LogP contribution in [0.15, 0.2) is 34.9 Å². The molecule has 1 aliphatic carbocycles. The SMILES string of the molecule is CCC(C)C(N)c1nc(C2(c3ccccc3)CC2)no1. The topological polar surface area (TPSA) is 64.9 Å². The van der Waals surface area contributed by atoms with Crippen LogP contribution in [0.25, 0.3) is 0 Å². The molecular weight excluding hydrogens is 250 g/mol. The molecule has 1 aliphatic rings. The maximum absolute atomic E-state index is 6.17. The molecule has 2 unspecified atom stereocenters. The van der Waals surface area contributed by atoms with E-state index in [4.69, 9.17) is 10.3 Å². The lowest BCUT2D eigenvalue weighted by atomic mass is 9.95. The average molecular weight is 271 g/mol. The van der Waals surface area contributed by atoms with Crippen LogP contribution >= 0.6 is 0 Å². The first-order valence-electron chi connectivity index (χ1n) is 7.32. The fourth-order valence-corrected chi connectivity index (χ4v) is 2.59. The number of nitrogens with zero attached hydrogens (tertiary/aromatic N) is 2. The van der Waals surface area contributed by atoms with E-state index < -0.39 is 0 Å². The molecule has 0 amide bonds. The first-order chi connectivity index (χ1) is 9.67. The largest absolute Gasteiger partial charge is 0.338 e. The summed E-state index contributed by atoms with van der Waals surface area (Å²) in [5.41, 5.74) is 7.39. The molecule has 106 valence electrons. The predicted octanol–water partition coefficient (Wildman–Crippen LogP) is 3.20. The lowest BCUT2D eigenvalue weighted by molar-refractivity contribution is 0.309. The fourth-order valence-electron chi connectivity index (χ4n) is 2.59. The normalized spacial score (nSPS) is 19.6. The van der Waals surface area contributed by atoms with E-state index in [9.17, 15) is 0 Å². The van der Waals surface area contributed by atoms with Gasteiger partial charge in [-0.15, -0.1) is 0 Å². The van der Waals surface area contributed by atoms with Crippen molar-refractivity contribution in [1.29, 1.82) is 0 Å². The summed E-state index contributed by atoms with van der Waals surface area (Å²) in [6.45, 7) is 4.23. The average Bonchev–Trinajstić information content (AvgIpc) is 3.17. The zero-order valence-electron chi connectivity index (χ0n) is 12.0. The minimum atomic E-state index is -0.173. The van der Waals surface area contributed by atoms with Gasteiger partial charge < -0.3 is 10.3 Å². The summed E-state index contributed by atoms with van der Waals surface area (Å²) in [4.78, 5) is 4.59. The molecule has 2 atom stereocenters. The number of hydrogen-bond acceptors (Lipinski definition) is 4. The number of rotatable bonds is 5. The van der Waals surface area contributed by atoms with Crippen molar-refractivity contribution in [3.05, 3.63) is 47.6 Å². The summed E-state index contributed by atoms with van der Waals surface area (Å²) in [6, 6.07) is 10.2. The molecule has 4 nitrogen and oxygen atoms in total. The summed E-state index contributed by atoms with van der Waals surface area (Å²) in [5.74, 6) is 1.70. The highest BCUT2D eigenvalue weighted by Gasteiger charge is 2.50. The third kappa shape index (κ3) is 2.14. The van der Waals surface area contributed by atoms with Gasteiger partial charge in [-0.05, 0) is 24.3 Å². The summed E-state index contributed by atoms with van der Waals surface area (Å²) in [5, 5.41) is 4.20. The minimum Gasteiger partial charge on any atom is -0.338 e. The molecule has 2 aromatic rings.